The largest absolute Gasteiger partial charge is 0.497 e. The van der Waals surface area contributed by atoms with Crippen molar-refractivity contribution in [3.8, 4) is 17.2 Å². The molecular weight excluding hydrogens is 342 g/mol. The number of carbonyl (C=O) groups is 1. The summed E-state index contributed by atoms with van der Waals surface area (Å²) < 4.78 is 16.5. The minimum absolute atomic E-state index is 0.0188. The summed E-state index contributed by atoms with van der Waals surface area (Å²) in [5.41, 5.74) is 1.79. The number of ether oxygens (including phenoxy) is 3. The monoisotopic (exact) mass is 369 g/mol. The van der Waals surface area contributed by atoms with Gasteiger partial charge in [-0.1, -0.05) is 12.1 Å². The van der Waals surface area contributed by atoms with E-state index < -0.39 is 0 Å². The van der Waals surface area contributed by atoms with Crippen LogP contribution in [0.5, 0.6) is 17.2 Å². The molecule has 1 amide bonds. The lowest BCUT2D eigenvalue weighted by molar-refractivity contribution is 0.0660. The molecule has 27 heavy (non-hydrogen) atoms. The zero-order valence-corrected chi connectivity index (χ0v) is 16.2. The molecule has 3 rings (SSSR count). The number of benzene rings is 2. The number of hydrogen-bond donors (Lipinski definition) is 0. The molecule has 1 saturated heterocycles. The Morgan fingerprint density at radius 3 is 2.26 bits per heavy atom. The normalized spacial score (nSPS) is 14.7. The number of carbonyl (C=O) groups excluding carboxylic acids is 1. The summed E-state index contributed by atoms with van der Waals surface area (Å²) in [6.07, 6.45) is 1.89. The molecule has 0 spiro atoms. The predicted octanol–water partition coefficient (Wildman–Crippen LogP) is 3.94. The average molecular weight is 369 g/mol. The Balaban J connectivity index is 1.55. The van der Waals surface area contributed by atoms with Crippen molar-refractivity contribution in [2.75, 3.05) is 33.9 Å². The number of hydrogen-bond acceptors (Lipinski definition) is 4. The highest BCUT2D eigenvalue weighted by atomic mass is 16.5. The molecule has 144 valence electrons. The van der Waals surface area contributed by atoms with Crippen LogP contribution in [0.1, 0.15) is 28.8 Å². The first kappa shape index (κ1) is 19.1. The van der Waals surface area contributed by atoms with Gasteiger partial charge in [0.2, 0.25) is 0 Å². The van der Waals surface area contributed by atoms with Gasteiger partial charge >= 0.3 is 0 Å². The molecule has 0 aliphatic carbocycles. The highest BCUT2D eigenvalue weighted by Gasteiger charge is 2.24. The highest BCUT2D eigenvalue weighted by molar-refractivity contribution is 5.95. The van der Waals surface area contributed by atoms with Crippen LogP contribution in [-0.4, -0.2) is 44.7 Å². The van der Waals surface area contributed by atoms with Crippen molar-refractivity contribution in [1.82, 2.24) is 4.90 Å². The number of likely N-dealkylation sites (tertiary alicyclic amines) is 1. The summed E-state index contributed by atoms with van der Waals surface area (Å²) in [5, 5.41) is 0. The molecule has 0 atom stereocenters. The number of piperidine rings is 1. The smallest absolute Gasteiger partial charge is 0.254 e. The number of methoxy groups -OCH3 is 2. The van der Waals surface area contributed by atoms with Gasteiger partial charge in [-0.3, -0.25) is 4.79 Å². The Morgan fingerprint density at radius 2 is 1.67 bits per heavy atom. The summed E-state index contributed by atoms with van der Waals surface area (Å²) in [5.74, 6) is 2.65. The van der Waals surface area contributed by atoms with Crippen LogP contribution in [0.4, 0.5) is 0 Å². The lowest BCUT2D eigenvalue weighted by atomic mass is 9.97. The molecule has 5 heteroatoms. The molecule has 0 bridgehead atoms. The molecular formula is C22H27NO4. The van der Waals surface area contributed by atoms with Gasteiger partial charge in [0.1, 0.15) is 17.2 Å². The Morgan fingerprint density at radius 1 is 1.00 bits per heavy atom. The van der Waals surface area contributed by atoms with E-state index in [1.54, 1.807) is 32.4 Å². The third kappa shape index (κ3) is 4.94. The Labute approximate surface area is 160 Å². The van der Waals surface area contributed by atoms with Gasteiger partial charge in [-0.15, -0.1) is 0 Å². The standard InChI is InChI=1S/C22H27NO4/c1-16-5-4-6-19(11-16)27-15-17-7-9-23(10-8-17)22(24)18-12-20(25-2)14-21(13-18)26-3/h4-6,11-14,17H,7-10,15H2,1-3H3. The van der Waals surface area contributed by atoms with Gasteiger partial charge in [0.25, 0.3) is 5.91 Å². The van der Waals surface area contributed by atoms with Crippen LogP contribution >= 0.6 is 0 Å². The van der Waals surface area contributed by atoms with E-state index in [1.807, 2.05) is 17.0 Å². The van der Waals surface area contributed by atoms with E-state index in [2.05, 4.69) is 19.1 Å². The van der Waals surface area contributed by atoms with E-state index in [4.69, 9.17) is 14.2 Å². The van der Waals surface area contributed by atoms with Crippen LogP contribution in [0.25, 0.3) is 0 Å². The van der Waals surface area contributed by atoms with Crippen LogP contribution in [0.3, 0.4) is 0 Å². The summed E-state index contributed by atoms with van der Waals surface area (Å²) in [6.45, 7) is 4.23. The van der Waals surface area contributed by atoms with Gasteiger partial charge in [0, 0.05) is 24.7 Å². The molecule has 0 radical (unpaired) electrons. The molecule has 1 heterocycles. The average Bonchev–Trinajstić information content (AvgIpc) is 2.71. The molecule has 2 aromatic carbocycles. The third-order valence-electron chi connectivity index (χ3n) is 4.98. The summed E-state index contributed by atoms with van der Waals surface area (Å²) >= 11 is 0. The Kier molecular flexibility index (Phi) is 6.22. The third-order valence-corrected chi connectivity index (χ3v) is 4.98. The number of rotatable bonds is 6. The summed E-state index contributed by atoms with van der Waals surface area (Å²) in [4.78, 5) is 14.7. The second-order valence-corrected chi connectivity index (χ2v) is 6.96. The minimum Gasteiger partial charge on any atom is -0.497 e. The van der Waals surface area contributed by atoms with Gasteiger partial charge in [0.15, 0.2) is 0 Å². The molecule has 2 aromatic rings. The lowest BCUT2D eigenvalue weighted by Gasteiger charge is -2.32. The van der Waals surface area contributed by atoms with Gasteiger partial charge in [0.05, 0.1) is 20.8 Å². The van der Waals surface area contributed by atoms with Crippen LogP contribution in [0.2, 0.25) is 0 Å². The summed E-state index contributed by atoms with van der Waals surface area (Å²) in [6, 6.07) is 13.4. The maximum Gasteiger partial charge on any atom is 0.254 e. The zero-order chi connectivity index (χ0) is 19.2. The van der Waals surface area contributed by atoms with Gasteiger partial charge in [-0.2, -0.15) is 0 Å². The topological polar surface area (TPSA) is 48.0 Å². The van der Waals surface area contributed by atoms with E-state index in [-0.39, 0.29) is 5.91 Å². The quantitative estimate of drug-likeness (QED) is 0.774. The van der Waals surface area contributed by atoms with Crippen molar-refractivity contribution in [2.45, 2.75) is 19.8 Å². The fourth-order valence-corrected chi connectivity index (χ4v) is 3.34. The highest BCUT2D eigenvalue weighted by Crippen LogP contribution is 2.26. The van der Waals surface area contributed by atoms with Gasteiger partial charge in [-0.25, -0.2) is 0 Å². The molecule has 1 aliphatic rings. The maximum absolute atomic E-state index is 12.8. The molecule has 1 fully saturated rings. The molecule has 0 unspecified atom stereocenters. The second-order valence-electron chi connectivity index (χ2n) is 6.96. The Bertz CT molecular complexity index is 759. The van der Waals surface area contributed by atoms with Gasteiger partial charge in [-0.05, 0) is 55.5 Å². The van der Waals surface area contributed by atoms with Crippen LogP contribution in [0.15, 0.2) is 42.5 Å². The van der Waals surface area contributed by atoms with E-state index >= 15 is 0 Å². The molecule has 5 nitrogen and oxygen atoms in total. The maximum atomic E-state index is 12.8. The first-order valence-corrected chi connectivity index (χ1v) is 9.31. The van der Waals surface area contributed by atoms with E-state index in [0.717, 1.165) is 31.7 Å². The van der Waals surface area contributed by atoms with Crippen molar-refractivity contribution in [1.29, 1.82) is 0 Å². The zero-order valence-electron chi connectivity index (χ0n) is 16.2. The van der Waals surface area contributed by atoms with E-state index in [9.17, 15) is 4.79 Å². The minimum atomic E-state index is 0.0188. The first-order chi connectivity index (χ1) is 13.1. The number of amides is 1. The first-order valence-electron chi connectivity index (χ1n) is 9.31. The van der Waals surface area contributed by atoms with Crippen molar-refractivity contribution in [3.05, 3.63) is 53.6 Å². The summed E-state index contributed by atoms with van der Waals surface area (Å²) in [7, 11) is 3.17. The molecule has 0 saturated carbocycles. The second kappa shape index (κ2) is 8.80. The van der Waals surface area contributed by atoms with Crippen molar-refractivity contribution >= 4 is 5.91 Å². The number of aryl methyl sites for hydroxylation is 1. The van der Waals surface area contributed by atoms with E-state index in [0.29, 0.717) is 29.6 Å². The van der Waals surface area contributed by atoms with Crippen LogP contribution < -0.4 is 14.2 Å². The van der Waals surface area contributed by atoms with Crippen molar-refractivity contribution in [2.24, 2.45) is 5.92 Å². The van der Waals surface area contributed by atoms with E-state index in [1.165, 1.54) is 5.56 Å². The fraction of sp³-hybridized carbons (Fsp3) is 0.409. The molecule has 0 aromatic heterocycles. The molecule has 1 aliphatic heterocycles. The van der Waals surface area contributed by atoms with Crippen LogP contribution in [0, 0.1) is 12.8 Å². The number of nitrogens with zero attached hydrogens (tertiary/aromatic N) is 1. The SMILES string of the molecule is COc1cc(OC)cc(C(=O)N2CCC(COc3cccc(C)c3)CC2)c1. The fourth-order valence-electron chi connectivity index (χ4n) is 3.34. The predicted molar refractivity (Wildman–Crippen MR) is 105 cm³/mol. The van der Waals surface area contributed by atoms with Crippen LogP contribution in [-0.2, 0) is 0 Å². The van der Waals surface area contributed by atoms with Crippen molar-refractivity contribution in [3.63, 3.8) is 0 Å². The Hall–Kier alpha value is -2.69. The molecule has 0 N–H and O–H groups in total. The lowest BCUT2D eigenvalue weighted by Crippen LogP contribution is -2.39. The van der Waals surface area contributed by atoms with Gasteiger partial charge < -0.3 is 19.1 Å². The van der Waals surface area contributed by atoms with Crippen molar-refractivity contribution < 1.29 is 19.0 Å².